The molecule has 0 radical (unpaired) electrons. The lowest BCUT2D eigenvalue weighted by molar-refractivity contribution is 1.10. The van der Waals surface area contributed by atoms with Crippen molar-refractivity contribution in [3.63, 3.8) is 0 Å². The summed E-state index contributed by atoms with van der Waals surface area (Å²) in [5, 5.41) is 7.63. The second-order valence-electron chi connectivity index (χ2n) is 15.3. The number of benzene rings is 9. The van der Waals surface area contributed by atoms with Crippen molar-refractivity contribution < 1.29 is 0 Å². The maximum absolute atomic E-state index is 2.50. The third-order valence-electron chi connectivity index (χ3n) is 12.2. The molecule has 4 heteroatoms. The van der Waals surface area contributed by atoms with Crippen LogP contribution in [-0.2, 0) is 0 Å². The average Bonchev–Trinajstić information content (AvgIpc) is 3.96. The number of rotatable bonds is 4. The summed E-state index contributed by atoms with van der Waals surface area (Å²) in [6, 6.07) is 73.5. The van der Waals surface area contributed by atoms with Gasteiger partial charge in [-0.25, -0.2) is 0 Å². The Kier molecular flexibility index (Phi) is 6.60. The maximum Gasteiger partial charge on any atom is 0.0960 e. The summed E-state index contributed by atoms with van der Waals surface area (Å²) in [4.78, 5) is 2.49. The largest absolute Gasteiger partial charge is 0.307 e. The molecule has 4 heterocycles. The Balaban J connectivity index is 1.08. The smallest absolute Gasteiger partial charge is 0.0960 e. The van der Waals surface area contributed by atoms with Crippen LogP contribution in [0.1, 0.15) is 0 Å². The zero-order chi connectivity index (χ0) is 37.9. The van der Waals surface area contributed by atoms with Crippen LogP contribution in [0.4, 0.5) is 17.1 Å². The van der Waals surface area contributed by atoms with Crippen molar-refractivity contribution in [2.45, 2.75) is 0 Å². The molecule has 1 aliphatic rings. The Morgan fingerprint density at radius 3 is 1.48 bits per heavy atom. The number of nitrogens with zero attached hydrogens (tertiary/aromatic N) is 3. The molecule has 0 spiro atoms. The first-order valence-electron chi connectivity index (χ1n) is 19.9. The van der Waals surface area contributed by atoms with Gasteiger partial charge in [-0.3, -0.25) is 0 Å². The minimum Gasteiger partial charge on any atom is -0.307 e. The van der Waals surface area contributed by atoms with Crippen LogP contribution in [0.15, 0.2) is 200 Å². The van der Waals surface area contributed by atoms with Gasteiger partial charge in [-0.05, 0) is 76.9 Å². The molecule has 12 aromatic rings. The standard InChI is InChI=1S/C54H33N3S/c1-3-15-34(16-4-1)38-21-13-23-42-43-24-14-22-39(54(43)58-53(38)42)35-29-31-37(32-30-35)55-46-25-9-7-19-40(46)44-33-45-41-20-8-10-26-47(41)57-49-28-12-11-27-48(49)56(36-17-5-2-6-18-36)52(50(44)55)51(45)57/h1-33H. The number of thiophene rings is 1. The van der Waals surface area contributed by atoms with E-state index in [1.807, 2.05) is 11.3 Å². The number of para-hydroxylation sites is 5. The van der Waals surface area contributed by atoms with Crippen molar-refractivity contribution in [1.29, 1.82) is 0 Å². The van der Waals surface area contributed by atoms with Crippen molar-refractivity contribution >= 4 is 92.2 Å². The minimum atomic E-state index is 1.13. The SMILES string of the molecule is c1ccc(-c2cccc3c2sc2c(-c4ccc(-n5c6ccccc6c6cc7c8ccccc8n8c7c(c65)N(c5ccccc5)c5ccccc5-8)cc4)cccc23)cc1. The predicted molar refractivity (Wildman–Crippen MR) is 247 cm³/mol. The summed E-state index contributed by atoms with van der Waals surface area (Å²) in [6.07, 6.45) is 0. The van der Waals surface area contributed by atoms with Gasteiger partial charge in [0, 0.05) is 53.1 Å². The van der Waals surface area contributed by atoms with E-state index in [4.69, 9.17) is 0 Å². The van der Waals surface area contributed by atoms with Crippen LogP contribution in [0.25, 0.3) is 97.4 Å². The van der Waals surface area contributed by atoms with Gasteiger partial charge < -0.3 is 14.0 Å². The van der Waals surface area contributed by atoms with E-state index in [2.05, 4.69) is 214 Å². The molecular weight excluding hydrogens is 723 g/mol. The third kappa shape index (κ3) is 4.32. The van der Waals surface area contributed by atoms with Crippen LogP contribution in [0.2, 0.25) is 0 Å². The molecule has 0 saturated heterocycles. The first kappa shape index (κ1) is 31.8. The molecule has 3 nitrogen and oxygen atoms in total. The molecule has 1 aliphatic heterocycles. The molecule has 58 heavy (non-hydrogen) atoms. The maximum atomic E-state index is 2.50. The predicted octanol–water partition coefficient (Wildman–Crippen LogP) is 15.4. The average molecular weight is 756 g/mol. The quantitative estimate of drug-likeness (QED) is 0.174. The van der Waals surface area contributed by atoms with Gasteiger partial charge in [0.25, 0.3) is 0 Å². The summed E-state index contributed by atoms with van der Waals surface area (Å²) in [5.74, 6) is 0. The van der Waals surface area contributed by atoms with E-state index >= 15 is 0 Å². The molecular formula is C54H33N3S. The molecule has 0 fully saturated rings. The van der Waals surface area contributed by atoms with Crippen LogP contribution in [0, 0.1) is 0 Å². The highest BCUT2D eigenvalue weighted by Crippen LogP contribution is 2.54. The Morgan fingerprint density at radius 1 is 0.328 bits per heavy atom. The highest BCUT2D eigenvalue weighted by atomic mass is 32.1. The number of hydrogen-bond acceptors (Lipinski definition) is 2. The number of aromatic nitrogens is 2. The minimum absolute atomic E-state index is 1.13. The molecule has 0 aliphatic carbocycles. The number of hydrogen-bond donors (Lipinski definition) is 0. The number of anilines is 3. The van der Waals surface area contributed by atoms with Crippen molar-refractivity contribution in [2.75, 3.05) is 4.90 Å². The van der Waals surface area contributed by atoms with Gasteiger partial charge in [0.05, 0.1) is 39.1 Å². The van der Waals surface area contributed by atoms with Crippen LogP contribution in [0.5, 0.6) is 0 Å². The van der Waals surface area contributed by atoms with Gasteiger partial charge in [0.15, 0.2) is 0 Å². The second-order valence-corrected chi connectivity index (χ2v) is 16.3. The fraction of sp³-hybridized carbons (Fsp3) is 0. The Bertz CT molecular complexity index is 3610. The Hall–Kier alpha value is -7.40. The summed E-state index contributed by atoms with van der Waals surface area (Å²) in [7, 11) is 0. The molecule has 0 unspecified atom stereocenters. The zero-order valence-electron chi connectivity index (χ0n) is 31.3. The lowest BCUT2D eigenvalue weighted by Gasteiger charge is -2.34. The first-order chi connectivity index (χ1) is 28.8. The zero-order valence-corrected chi connectivity index (χ0v) is 32.1. The third-order valence-corrected chi connectivity index (χ3v) is 13.5. The van der Waals surface area contributed by atoms with E-state index in [1.165, 1.54) is 97.4 Å². The topological polar surface area (TPSA) is 13.1 Å². The molecule has 3 aromatic heterocycles. The van der Waals surface area contributed by atoms with Gasteiger partial charge in [0.1, 0.15) is 0 Å². The van der Waals surface area contributed by atoms with Crippen molar-refractivity contribution in [3.05, 3.63) is 200 Å². The van der Waals surface area contributed by atoms with Gasteiger partial charge in [-0.2, -0.15) is 0 Å². The molecule has 270 valence electrons. The molecule has 9 aromatic carbocycles. The lowest BCUT2D eigenvalue weighted by Crippen LogP contribution is -2.19. The van der Waals surface area contributed by atoms with Crippen molar-refractivity contribution in [2.24, 2.45) is 0 Å². The fourth-order valence-electron chi connectivity index (χ4n) is 9.77. The molecule has 0 N–H and O–H groups in total. The van der Waals surface area contributed by atoms with E-state index < -0.39 is 0 Å². The van der Waals surface area contributed by atoms with Crippen molar-refractivity contribution in [1.82, 2.24) is 9.13 Å². The van der Waals surface area contributed by atoms with Crippen LogP contribution < -0.4 is 4.90 Å². The van der Waals surface area contributed by atoms with Crippen LogP contribution in [0.3, 0.4) is 0 Å². The first-order valence-corrected chi connectivity index (χ1v) is 20.7. The molecule has 0 atom stereocenters. The van der Waals surface area contributed by atoms with Gasteiger partial charge in [-0.1, -0.05) is 146 Å². The number of fused-ring (bicyclic) bond motifs is 12. The summed E-state index contributed by atoms with van der Waals surface area (Å²) in [5.41, 5.74) is 15.7. The van der Waals surface area contributed by atoms with Gasteiger partial charge >= 0.3 is 0 Å². The Labute approximate surface area is 338 Å². The second kappa shape index (κ2) is 12.1. The van der Waals surface area contributed by atoms with E-state index in [9.17, 15) is 0 Å². The van der Waals surface area contributed by atoms with E-state index in [-0.39, 0.29) is 0 Å². The molecule has 13 rings (SSSR count). The molecule has 0 saturated carbocycles. The van der Waals surface area contributed by atoms with Crippen LogP contribution >= 0.6 is 11.3 Å². The molecule has 0 bridgehead atoms. The fourth-order valence-corrected chi connectivity index (χ4v) is 11.1. The highest BCUT2D eigenvalue weighted by Gasteiger charge is 2.32. The Morgan fingerprint density at radius 2 is 0.828 bits per heavy atom. The van der Waals surface area contributed by atoms with E-state index in [0.717, 1.165) is 17.1 Å². The van der Waals surface area contributed by atoms with Crippen molar-refractivity contribution in [3.8, 4) is 33.6 Å². The molecule has 0 amide bonds. The summed E-state index contributed by atoms with van der Waals surface area (Å²) in [6.45, 7) is 0. The highest BCUT2D eigenvalue weighted by molar-refractivity contribution is 7.26. The summed E-state index contributed by atoms with van der Waals surface area (Å²) < 4.78 is 7.65. The summed E-state index contributed by atoms with van der Waals surface area (Å²) >= 11 is 1.91. The monoisotopic (exact) mass is 755 g/mol. The normalized spacial score (nSPS) is 12.4. The van der Waals surface area contributed by atoms with Crippen LogP contribution in [-0.4, -0.2) is 9.13 Å². The van der Waals surface area contributed by atoms with Gasteiger partial charge in [-0.15, -0.1) is 11.3 Å². The lowest BCUT2D eigenvalue weighted by atomic mass is 10.00. The van der Waals surface area contributed by atoms with E-state index in [0.29, 0.717) is 0 Å². The van der Waals surface area contributed by atoms with Gasteiger partial charge in [0.2, 0.25) is 0 Å². The van der Waals surface area contributed by atoms with E-state index in [1.54, 1.807) is 0 Å².